The van der Waals surface area contributed by atoms with Crippen molar-refractivity contribution < 1.29 is 5.11 Å². The molecule has 1 aliphatic rings. The average molecular weight is 269 g/mol. The summed E-state index contributed by atoms with van der Waals surface area (Å²) in [5, 5.41) is 10.4. The van der Waals surface area contributed by atoms with Crippen molar-refractivity contribution in [2.45, 2.75) is 32.9 Å². The quantitative estimate of drug-likeness (QED) is 0.901. The van der Waals surface area contributed by atoms with Crippen LogP contribution in [0.15, 0.2) is 0 Å². The molecule has 1 saturated heterocycles. The van der Waals surface area contributed by atoms with E-state index in [-0.39, 0.29) is 6.61 Å². The highest BCUT2D eigenvalue weighted by Gasteiger charge is 2.32. The number of aliphatic hydroxyl groups is 1. The van der Waals surface area contributed by atoms with Crippen LogP contribution in [-0.2, 0) is 13.0 Å². The van der Waals surface area contributed by atoms with Gasteiger partial charge in [-0.15, -0.1) is 0 Å². The number of likely N-dealkylation sites (N-methyl/N-ethyl adjacent to an activating group) is 1. The molecule has 1 aliphatic heterocycles. The van der Waals surface area contributed by atoms with Crippen molar-refractivity contribution in [1.29, 1.82) is 0 Å². The molecule has 2 rings (SSSR count). The average Bonchev–Trinajstić information content (AvgIpc) is 2.91. The molecule has 1 fully saturated rings. The molecule has 2 heterocycles. The topological polar surface area (TPSA) is 39.6 Å². The Bertz CT molecular complexity index is 383. The number of hydrogen-bond acceptors (Lipinski definition) is 5. The molecule has 0 aliphatic carbocycles. The maximum absolute atomic E-state index is 9.34. The molecule has 0 amide bonds. The van der Waals surface area contributed by atoms with Gasteiger partial charge in [0.05, 0.1) is 17.2 Å². The van der Waals surface area contributed by atoms with Crippen molar-refractivity contribution in [3.05, 3.63) is 10.6 Å². The van der Waals surface area contributed by atoms with E-state index in [9.17, 15) is 5.11 Å². The SMILES string of the molecule is CCc1nc(N2CC(C)C(N(C)C)C2)sc1CO. The summed E-state index contributed by atoms with van der Waals surface area (Å²) in [5.41, 5.74) is 1.05. The second-order valence-electron chi connectivity index (χ2n) is 5.29. The molecule has 0 bridgehead atoms. The highest BCUT2D eigenvalue weighted by Crippen LogP contribution is 2.31. The Labute approximate surface area is 113 Å². The van der Waals surface area contributed by atoms with Gasteiger partial charge in [-0.05, 0) is 26.4 Å². The molecule has 2 unspecified atom stereocenters. The smallest absolute Gasteiger partial charge is 0.185 e. The third kappa shape index (κ3) is 2.53. The molecule has 18 heavy (non-hydrogen) atoms. The maximum Gasteiger partial charge on any atom is 0.185 e. The standard InChI is InChI=1S/C13H23N3OS/c1-5-10-12(8-17)18-13(14-10)16-6-9(2)11(7-16)15(3)4/h9,11,17H,5-8H2,1-4H3. The number of nitrogens with zero attached hydrogens (tertiary/aromatic N) is 3. The molecule has 102 valence electrons. The second kappa shape index (κ2) is 5.55. The molecular weight excluding hydrogens is 246 g/mol. The van der Waals surface area contributed by atoms with Crippen LogP contribution in [0, 0.1) is 5.92 Å². The van der Waals surface area contributed by atoms with Crippen molar-refractivity contribution in [3.63, 3.8) is 0 Å². The number of aryl methyl sites for hydroxylation is 1. The number of hydrogen-bond donors (Lipinski definition) is 1. The van der Waals surface area contributed by atoms with Crippen molar-refractivity contribution in [2.75, 3.05) is 32.1 Å². The fourth-order valence-electron chi connectivity index (χ4n) is 2.68. The van der Waals surface area contributed by atoms with Gasteiger partial charge in [0.25, 0.3) is 0 Å². The second-order valence-corrected chi connectivity index (χ2v) is 6.35. The summed E-state index contributed by atoms with van der Waals surface area (Å²) in [5.74, 6) is 0.659. The molecule has 4 nitrogen and oxygen atoms in total. The predicted octanol–water partition coefficient (Wildman–Crippen LogP) is 1.58. The van der Waals surface area contributed by atoms with E-state index in [1.807, 2.05) is 0 Å². The summed E-state index contributed by atoms with van der Waals surface area (Å²) in [6, 6.07) is 0.594. The lowest BCUT2D eigenvalue weighted by Gasteiger charge is -2.22. The van der Waals surface area contributed by atoms with Crippen LogP contribution in [0.1, 0.15) is 24.4 Å². The normalized spacial score (nSPS) is 24.2. The first kappa shape index (κ1) is 13.8. The third-order valence-electron chi connectivity index (χ3n) is 3.75. The molecule has 2 atom stereocenters. The summed E-state index contributed by atoms with van der Waals surface area (Å²) in [6.45, 7) is 6.60. The highest BCUT2D eigenvalue weighted by molar-refractivity contribution is 7.15. The van der Waals surface area contributed by atoms with E-state index in [0.29, 0.717) is 12.0 Å². The Morgan fingerprint density at radius 3 is 2.61 bits per heavy atom. The Hall–Kier alpha value is -0.650. The Morgan fingerprint density at radius 1 is 1.44 bits per heavy atom. The summed E-state index contributed by atoms with van der Waals surface area (Å²) < 4.78 is 0. The molecule has 0 radical (unpaired) electrons. The van der Waals surface area contributed by atoms with Crippen LogP contribution < -0.4 is 4.90 Å². The number of aliphatic hydroxyl groups excluding tert-OH is 1. The lowest BCUT2D eigenvalue weighted by molar-refractivity contribution is 0.266. The minimum absolute atomic E-state index is 0.112. The summed E-state index contributed by atoms with van der Waals surface area (Å²) in [4.78, 5) is 10.4. The van der Waals surface area contributed by atoms with Gasteiger partial charge in [-0.2, -0.15) is 0 Å². The van der Waals surface area contributed by atoms with Crippen molar-refractivity contribution >= 4 is 16.5 Å². The predicted molar refractivity (Wildman–Crippen MR) is 76.3 cm³/mol. The maximum atomic E-state index is 9.34. The minimum atomic E-state index is 0.112. The fourth-order valence-corrected chi connectivity index (χ4v) is 3.71. The summed E-state index contributed by atoms with van der Waals surface area (Å²) in [7, 11) is 4.28. The van der Waals surface area contributed by atoms with E-state index < -0.39 is 0 Å². The van der Waals surface area contributed by atoms with Gasteiger partial charge in [-0.1, -0.05) is 25.2 Å². The van der Waals surface area contributed by atoms with Crippen molar-refractivity contribution in [2.24, 2.45) is 5.92 Å². The van der Waals surface area contributed by atoms with Crippen LogP contribution in [0.5, 0.6) is 0 Å². The van der Waals surface area contributed by atoms with Crippen LogP contribution >= 0.6 is 11.3 Å². The molecular formula is C13H23N3OS. The van der Waals surface area contributed by atoms with Gasteiger partial charge in [0.1, 0.15) is 0 Å². The van der Waals surface area contributed by atoms with Gasteiger partial charge in [-0.3, -0.25) is 0 Å². The highest BCUT2D eigenvalue weighted by atomic mass is 32.1. The van der Waals surface area contributed by atoms with Crippen molar-refractivity contribution in [3.8, 4) is 0 Å². The summed E-state index contributed by atoms with van der Waals surface area (Å²) >= 11 is 1.64. The Morgan fingerprint density at radius 2 is 2.17 bits per heavy atom. The first-order valence-electron chi connectivity index (χ1n) is 6.57. The molecule has 5 heteroatoms. The molecule has 1 N–H and O–H groups in total. The Kier molecular flexibility index (Phi) is 4.25. The van der Waals surface area contributed by atoms with Crippen molar-refractivity contribution in [1.82, 2.24) is 9.88 Å². The van der Waals surface area contributed by atoms with E-state index >= 15 is 0 Å². The van der Waals surface area contributed by atoms with E-state index in [0.717, 1.165) is 35.2 Å². The Balaban J connectivity index is 2.16. The van der Waals surface area contributed by atoms with Gasteiger partial charge >= 0.3 is 0 Å². The molecule has 1 aromatic heterocycles. The van der Waals surface area contributed by atoms with Crippen LogP contribution in [0.3, 0.4) is 0 Å². The van der Waals surface area contributed by atoms with E-state index in [2.05, 4.69) is 42.7 Å². The van der Waals surface area contributed by atoms with Gasteiger partial charge < -0.3 is 14.9 Å². The number of rotatable bonds is 4. The molecule has 0 aromatic carbocycles. The molecule has 0 saturated carbocycles. The number of aromatic nitrogens is 1. The third-order valence-corrected chi connectivity index (χ3v) is 4.90. The lowest BCUT2D eigenvalue weighted by atomic mass is 10.1. The zero-order valence-corrected chi connectivity index (χ0v) is 12.5. The van der Waals surface area contributed by atoms with E-state index in [1.54, 1.807) is 11.3 Å². The number of thiazole rings is 1. The van der Waals surface area contributed by atoms with Gasteiger partial charge in [-0.25, -0.2) is 4.98 Å². The largest absolute Gasteiger partial charge is 0.391 e. The van der Waals surface area contributed by atoms with Gasteiger partial charge in [0.2, 0.25) is 0 Å². The van der Waals surface area contributed by atoms with Crippen LogP contribution in [0.4, 0.5) is 5.13 Å². The lowest BCUT2D eigenvalue weighted by Crippen LogP contribution is -2.34. The van der Waals surface area contributed by atoms with E-state index in [1.165, 1.54) is 0 Å². The zero-order chi connectivity index (χ0) is 13.3. The van der Waals surface area contributed by atoms with Crippen LogP contribution in [0.2, 0.25) is 0 Å². The first-order chi connectivity index (χ1) is 8.56. The van der Waals surface area contributed by atoms with Crippen LogP contribution in [-0.4, -0.2) is 48.2 Å². The molecule has 0 spiro atoms. The zero-order valence-electron chi connectivity index (χ0n) is 11.7. The molecule has 1 aromatic rings. The van der Waals surface area contributed by atoms with Gasteiger partial charge in [0.15, 0.2) is 5.13 Å². The monoisotopic (exact) mass is 269 g/mol. The van der Waals surface area contributed by atoms with E-state index in [4.69, 9.17) is 0 Å². The first-order valence-corrected chi connectivity index (χ1v) is 7.39. The number of anilines is 1. The minimum Gasteiger partial charge on any atom is -0.391 e. The fraction of sp³-hybridized carbons (Fsp3) is 0.769. The van der Waals surface area contributed by atoms with Gasteiger partial charge in [0, 0.05) is 19.1 Å². The van der Waals surface area contributed by atoms with Crippen LogP contribution in [0.25, 0.3) is 0 Å². The summed E-state index contributed by atoms with van der Waals surface area (Å²) in [6.07, 6.45) is 0.896.